The predicted molar refractivity (Wildman–Crippen MR) is 97.9 cm³/mol. The van der Waals surface area contributed by atoms with Gasteiger partial charge in [-0.15, -0.1) is 0 Å². The lowest BCUT2D eigenvalue weighted by Crippen LogP contribution is -2.35. The Balaban J connectivity index is 1.60. The fourth-order valence-electron chi connectivity index (χ4n) is 3.48. The molecule has 0 radical (unpaired) electrons. The normalized spacial score (nSPS) is 18.3. The first-order valence-corrected chi connectivity index (χ1v) is 8.38. The van der Waals surface area contributed by atoms with E-state index in [-0.39, 0.29) is 5.69 Å². The average molecular weight is 319 g/mol. The van der Waals surface area contributed by atoms with E-state index in [2.05, 4.69) is 59.3 Å². The number of imidazole rings is 1. The van der Waals surface area contributed by atoms with Crippen LogP contribution in [0.4, 0.5) is 0 Å². The Bertz CT molecular complexity index is 936. The molecule has 4 heteroatoms. The van der Waals surface area contributed by atoms with Crippen molar-refractivity contribution >= 4 is 17.1 Å². The van der Waals surface area contributed by atoms with E-state index in [0.717, 1.165) is 30.7 Å². The molecule has 24 heavy (non-hydrogen) atoms. The van der Waals surface area contributed by atoms with Gasteiger partial charge in [-0.05, 0) is 24.1 Å². The number of H-pyrrole nitrogens is 1. The van der Waals surface area contributed by atoms with E-state index in [0.29, 0.717) is 6.04 Å². The van der Waals surface area contributed by atoms with Crippen molar-refractivity contribution in [2.24, 2.45) is 0 Å². The fourth-order valence-corrected chi connectivity index (χ4v) is 3.48. The highest BCUT2D eigenvalue weighted by Crippen LogP contribution is 2.23. The van der Waals surface area contributed by atoms with Gasteiger partial charge in [0.05, 0.1) is 11.0 Å². The zero-order valence-electron chi connectivity index (χ0n) is 13.8. The zero-order chi connectivity index (χ0) is 16.5. The molecular weight excluding hydrogens is 298 g/mol. The summed E-state index contributed by atoms with van der Waals surface area (Å²) in [5.74, 6) is 0. The second-order valence-electron chi connectivity index (χ2n) is 6.45. The molecule has 0 fully saturated rings. The van der Waals surface area contributed by atoms with E-state index in [4.69, 9.17) is 0 Å². The average Bonchev–Trinajstić information content (AvgIpc) is 2.82. The van der Waals surface area contributed by atoms with Gasteiger partial charge in [-0.3, -0.25) is 9.47 Å². The Morgan fingerprint density at radius 2 is 2.00 bits per heavy atom. The van der Waals surface area contributed by atoms with Gasteiger partial charge in [0.1, 0.15) is 0 Å². The lowest BCUT2D eigenvalue weighted by molar-refractivity contribution is 0.210. The Labute approximate surface area is 141 Å². The lowest BCUT2D eigenvalue weighted by atomic mass is 10.1. The summed E-state index contributed by atoms with van der Waals surface area (Å²) in [6.45, 7) is 4.63. The predicted octanol–water partition coefficient (Wildman–Crippen LogP) is 3.25. The summed E-state index contributed by atoms with van der Waals surface area (Å²) in [5, 5.41) is 0. The molecule has 3 aromatic rings. The molecule has 0 saturated carbocycles. The summed E-state index contributed by atoms with van der Waals surface area (Å²) in [5.41, 5.74) is 4.41. The van der Waals surface area contributed by atoms with Crippen LogP contribution in [0.15, 0.2) is 59.4 Å². The number of nitrogens with zero attached hydrogens (tertiary/aromatic N) is 2. The number of rotatable bonds is 3. The third kappa shape index (κ3) is 2.69. The zero-order valence-corrected chi connectivity index (χ0v) is 13.8. The molecule has 0 amide bonds. The third-order valence-electron chi connectivity index (χ3n) is 4.77. The molecule has 1 aliphatic heterocycles. The Morgan fingerprint density at radius 1 is 1.17 bits per heavy atom. The van der Waals surface area contributed by atoms with Gasteiger partial charge in [-0.1, -0.05) is 54.6 Å². The highest BCUT2D eigenvalue weighted by atomic mass is 16.1. The Morgan fingerprint density at radius 3 is 2.83 bits per heavy atom. The van der Waals surface area contributed by atoms with Crippen LogP contribution in [0.2, 0.25) is 0 Å². The smallest absolute Gasteiger partial charge is 0.306 e. The van der Waals surface area contributed by atoms with E-state index in [1.165, 1.54) is 11.1 Å². The first-order chi connectivity index (χ1) is 11.7. The molecule has 1 unspecified atom stereocenters. The second kappa shape index (κ2) is 6.13. The second-order valence-corrected chi connectivity index (χ2v) is 6.45. The minimum atomic E-state index is -0.00835. The summed E-state index contributed by atoms with van der Waals surface area (Å²) < 4.78 is 1.89. The lowest BCUT2D eigenvalue weighted by Gasteiger charge is -2.25. The summed E-state index contributed by atoms with van der Waals surface area (Å²) >= 11 is 0. The van der Waals surface area contributed by atoms with Crippen LogP contribution in [0, 0.1) is 0 Å². The minimum absolute atomic E-state index is 0.00835. The van der Waals surface area contributed by atoms with E-state index < -0.39 is 0 Å². The quantitative estimate of drug-likeness (QED) is 0.805. The van der Waals surface area contributed by atoms with Crippen molar-refractivity contribution in [3.63, 3.8) is 0 Å². The molecule has 1 aliphatic rings. The molecule has 2 aromatic carbocycles. The van der Waals surface area contributed by atoms with Crippen LogP contribution < -0.4 is 5.69 Å². The number of para-hydroxylation sites is 1. The van der Waals surface area contributed by atoms with Crippen molar-refractivity contribution in [1.82, 2.24) is 14.5 Å². The summed E-state index contributed by atoms with van der Waals surface area (Å²) in [6, 6.07) is 16.8. The van der Waals surface area contributed by atoms with Gasteiger partial charge in [0.25, 0.3) is 0 Å². The highest BCUT2D eigenvalue weighted by Gasteiger charge is 2.22. The van der Waals surface area contributed by atoms with Crippen molar-refractivity contribution in [3.05, 3.63) is 76.2 Å². The SMILES string of the molecule is CC1Cn2c(=O)[nH]c3cccc(c32)CN1C/C=C/c1ccccc1. The number of hydrogen-bond donors (Lipinski definition) is 1. The maximum atomic E-state index is 12.2. The molecule has 4 nitrogen and oxygen atoms in total. The number of aromatic amines is 1. The monoisotopic (exact) mass is 319 g/mol. The molecule has 1 N–H and O–H groups in total. The first-order valence-electron chi connectivity index (χ1n) is 8.38. The topological polar surface area (TPSA) is 41.0 Å². The van der Waals surface area contributed by atoms with Crippen LogP contribution in [0.3, 0.4) is 0 Å². The van der Waals surface area contributed by atoms with Gasteiger partial charge in [-0.2, -0.15) is 0 Å². The van der Waals surface area contributed by atoms with Gasteiger partial charge in [-0.25, -0.2) is 4.79 Å². The maximum Gasteiger partial charge on any atom is 0.326 e. The molecule has 1 atom stereocenters. The molecule has 122 valence electrons. The molecule has 0 spiro atoms. The molecule has 0 saturated heterocycles. The summed E-state index contributed by atoms with van der Waals surface area (Å²) in [4.78, 5) is 17.6. The molecule has 0 bridgehead atoms. The fraction of sp³-hybridized carbons (Fsp3) is 0.250. The van der Waals surface area contributed by atoms with Crippen LogP contribution in [0.25, 0.3) is 17.1 Å². The van der Waals surface area contributed by atoms with E-state index in [9.17, 15) is 4.79 Å². The standard InChI is InChI=1S/C20H21N3O/c1-15-13-23-19-17(10-5-11-18(19)21-20(23)24)14-22(15)12-6-9-16-7-3-2-4-8-16/h2-11,15H,12-14H2,1H3,(H,21,24)/b9-6+. The summed E-state index contributed by atoms with van der Waals surface area (Å²) in [7, 11) is 0. The van der Waals surface area contributed by atoms with Gasteiger partial charge in [0.15, 0.2) is 0 Å². The van der Waals surface area contributed by atoms with Crippen LogP contribution in [-0.4, -0.2) is 27.0 Å². The van der Waals surface area contributed by atoms with Gasteiger partial charge in [0, 0.05) is 25.7 Å². The molecule has 4 rings (SSSR count). The molecule has 1 aromatic heterocycles. The highest BCUT2D eigenvalue weighted by molar-refractivity contribution is 5.79. The van der Waals surface area contributed by atoms with Crippen LogP contribution in [-0.2, 0) is 13.1 Å². The minimum Gasteiger partial charge on any atom is -0.306 e. The van der Waals surface area contributed by atoms with Crippen molar-refractivity contribution in [1.29, 1.82) is 0 Å². The number of aromatic nitrogens is 2. The molecular formula is C20H21N3O. The Kier molecular flexibility index (Phi) is 3.82. The van der Waals surface area contributed by atoms with Gasteiger partial charge < -0.3 is 4.98 Å². The van der Waals surface area contributed by atoms with Gasteiger partial charge >= 0.3 is 5.69 Å². The first kappa shape index (κ1) is 15.0. The number of hydrogen-bond acceptors (Lipinski definition) is 2. The summed E-state index contributed by atoms with van der Waals surface area (Å²) in [6.07, 6.45) is 4.36. The molecule has 2 heterocycles. The van der Waals surface area contributed by atoms with Crippen LogP contribution >= 0.6 is 0 Å². The van der Waals surface area contributed by atoms with Crippen molar-refractivity contribution in [3.8, 4) is 0 Å². The third-order valence-corrected chi connectivity index (χ3v) is 4.77. The largest absolute Gasteiger partial charge is 0.326 e. The van der Waals surface area contributed by atoms with Crippen molar-refractivity contribution in [2.45, 2.75) is 26.1 Å². The number of benzene rings is 2. The van der Waals surface area contributed by atoms with E-state index in [1.807, 2.05) is 22.8 Å². The van der Waals surface area contributed by atoms with Crippen LogP contribution in [0.5, 0.6) is 0 Å². The Hall–Kier alpha value is -2.59. The van der Waals surface area contributed by atoms with Crippen molar-refractivity contribution in [2.75, 3.05) is 6.54 Å². The van der Waals surface area contributed by atoms with Crippen molar-refractivity contribution < 1.29 is 0 Å². The number of nitrogens with one attached hydrogen (secondary N) is 1. The maximum absolute atomic E-state index is 12.2. The van der Waals surface area contributed by atoms with Gasteiger partial charge in [0.2, 0.25) is 0 Å². The van der Waals surface area contributed by atoms with E-state index >= 15 is 0 Å². The van der Waals surface area contributed by atoms with Crippen LogP contribution in [0.1, 0.15) is 18.1 Å². The molecule has 0 aliphatic carbocycles. The van der Waals surface area contributed by atoms with E-state index in [1.54, 1.807) is 0 Å².